The molecule has 1 amide bonds. The second-order valence-corrected chi connectivity index (χ2v) is 6.96. The number of benzene rings is 1. The normalized spacial score (nSPS) is 11.1. The minimum Gasteiger partial charge on any atom is -0.339 e. The molecule has 1 aromatic heterocycles. The fourth-order valence-corrected chi connectivity index (χ4v) is 3.67. The predicted octanol–water partition coefficient (Wildman–Crippen LogP) is 3.02. The molecule has 8 heteroatoms. The highest BCUT2D eigenvalue weighted by molar-refractivity contribution is 7.92. The van der Waals surface area contributed by atoms with Crippen molar-refractivity contribution in [1.82, 2.24) is 9.88 Å². The molecule has 0 bridgehead atoms. The summed E-state index contributed by atoms with van der Waals surface area (Å²) >= 11 is 5.83. The van der Waals surface area contributed by atoms with E-state index >= 15 is 0 Å². The van der Waals surface area contributed by atoms with Gasteiger partial charge in [-0.05, 0) is 50.2 Å². The molecule has 1 N–H and O–H groups in total. The Kier molecular flexibility index (Phi) is 5.80. The Bertz CT molecular complexity index is 819. The minimum absolute atomic E-state index is 0.0929. The number of amides is 1. The van der Waals surface area contributed by atoms with Crippen LogP contribution in [0.1, 0.15) is 24.2 Å². The summed E-state index contributed by atoms with van der Waals surface area (Å²) in [6, 6.07) is 9.12. The van der Waals surface area contributed by atoms with Crippen LogP contribution in [0.2, 0.25) is 5.15 Å². The average Bonchev–Trinajstić information content (AvgIpc) is 2.56. The van der Waals surface area contributed by atoms with Gasteiger partial charge >= 0.3 is 0 Å². The highest BCUT2D eigenvalue weighted by atomic mass is 35.5. The third-order valence-electron chi connectivity index (χ3n) is 3.45. The Balaban J connectivity index is 2.20. The van der Waals surface area contributed by atoms with Gasteiger partial charge in [0.15, 0.2) is 0 Å². The molecular formula is C16H18ClN3O3S. The van der Waals surface area contributed by atoms with Crippen molar-refractivity contribution >= 4 is 33.2 Å². The quantitative estimate of drug-likeness (QED) is 0.796. The predicted molar refractivity (Wildman–Crippen MR) is 93.7 cm³/mol. The lowest BCUT2D eigenvalue weighted by molar-refractivity contribution is 0.0773. The van der Waals surface area contributed by atoms with Crippen LogP contribution >= 0.6 is 11.6 Å². The van der Waals surface area contributed by atoms with Gasteiger partial charge in [0.2, 0.25) is 0 Å². The Labute approximate surface area is 146 Å². The molecule has 0 atom stereocenters. The molecule has 6 nitrogen and oxygen atoms in total. The first-order valence-electron chi connectivity index (χ1n) is 7.41. The van der Waals surface area contributed by atoms with Crippen molar-refractivity contribution < 1.29 is 13.2 Å². The molecule has 0 radical (unpaired) electrons. The third-order valence-corrected chi connectivity index (χ3v) is 5.28. The molecule has 1 heterocycles. The zero-order valence-corrected chi connectivity index (χ0v) is 14.9. The van der Waals surface area contributed by atoms with Crippen LogP contribution in [-0.2, 0) is 10.0 Å². The van der Waals surface area contributed by atoms with E-state index in [1.807, 2.05) is 13.8 Å². The number of anilines is 1. The van der Waals surface area contributed by atoms with E-state index in [1.165, 1.54) is 18.3 Å². The number of carbonyl (C=O) groups is 1. The van der Waals surface area contributed by atoms with Crippen LogP contribution in [0.3, 0.4) is 0 Å². The summed E-state index contributed by atoms with van der Waals surface area (Å²) in [5.41, 5.74) is 0.840. The van der Waals surface area contributed by atoms with Crippen LogP contribution in [0.15, 0.2) is 47.5 Å². The van der Waals surface area contributed by atoms with Crippen molar-refractivity contribution in [2.45, 2.75) is 18.7 Å². The smallest absolute Gasteiger partial charge is 0.264 e. The van der Waals surface area contributed by atoms with E-state index in [2.05, 4.69) is 9.71 Å². The summed E-state index contributed by atoms with van der Waals surface area (Å²) in [7, 11) is -3.84. The lowest BCUT2D eigenvalue weighted by atomic mass is 10.2. The van der Waals surface area contributed by atoms with Gasteiger partial charge in [-0.3, -0.25) is 9.52 Å². The lowest BCUT2D eigenvalue weighted by Gasteiger charge is -2.18. The van der Waals surface area contributed by atoms with Gasteiger partial charge in [-0.2, -0.15) is 0 Å². The Morgan fingerprint density at radius 3 is 2.33 bits per heavy atom. The highest BCUT2D eigenvalue weighted by Gasteiger charge is 2.19. The first-order valence-corrected chi connectivity index (χ1v) is 9.27. The number of aromatic nitrogens is 1. The molecule has 0 fully saturated rings. The van der Waals surface area contributed by atoms with E-state index < -0.39 is 10.0 Å². The number of halogens is 1. The number of carbonyl (C=O) groups excluding carboxylic acids is 1. The van der Waals surface area contributed by atoms with Crippen LogP contribution in [0.25, 0.3) is 0 Å². The van der Waals surface area contributed by atoms with Crippen molar-refractivity contribution in [3.05, 3.63) is 53.3 Å². The monoisotopic (exact) mass is 367 g/mol. The van der Waals surface area contributed by atoms with Gasteiger partial charge in [0.1, 0.15) is 10.0 Å². The lowest BCUT2D eigenvalue weighted by Crippen LogP contribution is -2.30. The number of nitrogens with one attached hydrogen (secondary N) is 1. The van der Waals surface area contributed by atoms with Gasteiger partial charge in [-0.1, -0.05) is 11.6 Å². The topological polar surface area (TPSA) is 79.4 Å². The third kappa shape index (κ3) is 4.04. The summed E-state index contributed by atoms with van der Waals surface area (Å²) < 4.78 is 27.1. The molecule has 2 rings (SSSR count). The first-order chi connectivity index (χ1) is 11.4. The molecular weight excluding hydrogens is 350 g/mol. The van der Waals surface area contributed by atoms with Crippen LogP contribution < -0.4 is 4.72 Å². The van der Waals surface area contributed by atoms with Gasteiger partial charge in [0.05, 0.1) is 0 Å². The molecule has 1 aromatic carbocycles. The Morgan fingerprint density at radius 2 is 1.79 bits per heavy atom. The van der Waals surface area contributed by atoms with E-state index in [-0.39, 0.29) is 16.0 Å². The standard InChI is InChI=1S/C16H18ClN3O3S/c1-3-20(4-2)16(21)12-7-9-13(10-8-12)19-24(22,23)14-6-5-11-18-15(14)17/h5-11,19H,3-4H2,1-2H3. The molecule has 0 aliphatic carbocycles. The number of hydrogen-bond donors (Lipinski definition) is 1. The number of nitrogens with zero attached hydrogens (tertiary/aromatic N) is 2. The summed E-state index contributed by atoms with van der Waals surface area (Å²) in [5.74, 6) is -0.0929. The summed E-state index contributed by atoms with van der Waals surface area (Å²) in [4.78, 5) is 17.6. The maximum Gasteiger partial charge on any atom is 0.264 e. The second kappa shape index (κ2) is 7.63. The minimum atomic E-state index is -3.84. The largest absolute Gasteiger partial charge is 0.339 e. The van der Waals surface area contributed by atoms with E-state index in [4.69, 9.17) is 11.6 Å². The first kappa shape index (κ1) is 18.2. The van der Waals surface area contributed by atoms with E-state index in [9.17, 15) is 13.2 Å². The van der Waals surface area contributed by atoms with E-state index in [0.29, 0.717) is 24.3 Å². The maximum absolute atomic E-state index is 12.3. The van der Waals surface area contributed by atoms with Crippen molar-refractivity contribution in [1.29, 1.82) is 0 Å². The molecule has 24 heavy (non-hydrogen) atoms. The highest BCUT2D eigenvalue weighted by Crippen LogP contribution is 2.21. The maximum atomic E-state index is 12.3. The number of sulfonamides is 1. The van der Waals surface area contributed by atoms with Crippen LogP contribution in [0, 0.1) is 0 Å². The zero-order chi connectivity index (χ0) is 17.7. The fourth-order valence-electron chi connectivity index (χ4n) is 2.16. The SMILES string of the molecule is CCN(CC)C(=O)c1ccc(NS(=O)(=O)c2cccnc2Cl)cc1. The second-order valence-electron chi connectivity index (χ2n) is 4.95. The van der Waals surface area contributed by atoms with Crippen molar-refractivity contribution in [2.24, 2.45) is 0 Å². The molecule has 0 unspecified atom stereocenters. The molecule has 128 valence electrons. The molecule has 0 saturated heterocycles. The average molecular weight is 368 g/mol. The van der Waals surface area contributed by atoms with Crippen molar-refractivity contribution in [3.8, 4) is 0 Å². The zero-order valence-electron chi connectivity index (χ0n) is 13.4. The van der Waals surface area contributed by atoms with E-state index in [0.717, 1.165) is 0 Å². The number of hydrogen-bond acceptors (Lipinski definition) is 4. The van der Waals surface area contributed by atoms with Crippen molar-refractivity contribution in [3.63, 3.8) is 0 Å². The molecule has 0 saturated carbocycles. The van der Waals surface area contributed by atoms with Crippen LogP contribution in [-0.4, -0.2) is 37.3 Å². The summed E-state index contributed by atoms with van der Waals surface area (Å²) in [6.07, 6.45) is 1.41. The summed E-state index contributed by atoms with van der Waals surface area (Å²) in [5, 5.41) is -0.0988. The number of rotatable bonds is 6. The Hall–Kier alpha value is -2.12. The Morgan fingerprint density at radius 1 is 1.17 bits per heavy atom. The van der Waals surface area contributed by atoms with Gasteiger partial charge in [-0.25, -0.2) is 13.4 Å². The molecule has 0 aliphatic heterocycles. The van der Waals surface area contributed by atoms with E-state index in [1.54, 1.807) is 29.2 Å². The van der Waals surface area contributed by atoms with Gasteiger partial charge in [0, 0.05) is 30.5 Å². The van der Waals surface area contributed by atoms with Gasteiger partial charge < -0.3 is 4.90 Å². The van der Waals surface area contributed by atoms with Crippen molar-refractivity contribution in [2.75, 3.05) is 17.8 Å². The molecule has 2 aromatic rings. The number of pyridine rings is 1. The van der Waals surface area contributed by atoms with Crippen LogP contribution in [0.4, 0.5) is 5.69 Å². The molecule has 0 spiro atoms. The molecule has 0 aliphatic rings. The van der Waals surface area contributed by atoms with Crippen LogP contribution in [0.5, 0.6) is 0 Å². The fraction of sp³-hybridized carbons (Fsp3) is 0.250. The summed E-state index contributed by atoms with van der Waals surface area (Å²) in [6.45, 7) is 5.04. The van der Waals surface area contributed by atoms with Gasteiger partial charge in [-0.15, -0.1) is 0 Å². The van der Waals surface area contributed by atoms with Gasteiger partial charge in [0.25, 0.3) is 15.9 Å².